The lowest BCUT2D eigenvalue weighted by molar-refractivity contribution is -0.114. The molecular weight excluding hydrogens is 323 g/mol. The summed E-state index contributed by atoms with van der Waals surface area (Å²) in [6.45, 7) is 2.67. The van der Waals surface area contributed by atoms with E-state index >= 15 is 0 Å². The number of ether oxygens (including phenoxy) is 1. The minimum Gasteiger partial charge on any atom is -0.491 e. The Balaban J connectivity index is 1.51. The summed E-state index contributed by atoms with van der Waals surface area (Å²) in [6, 6.07) is 12.0. The highest BCUT2D eigenvalue weighted by Gasteiger charge is 2.23. The highest BCUT2D eigenvalue weighted by Crippen LogP contribution is 2.29. The Morgan fingerprint density at radius 1 is 1.32 bits per heavy atom. The third-order valence-corrected chi connectivity index (χ3v) is 4.11. The third-order valence-electron chi connectivity index (χ3n) is 4.11. The van der Waals surface area contributed by atoms with E-state index in [1.54, 1.807) is 30.3 Å². The Morgan fingerprint density at radius 3 is 2.80 bits per heavy atom. The fraction of sp³-hybridized carbons (Fsp3) is 0.316. The van der Waals surface area contributed by atoms with Crippen molar-refractivity contribution in [2.24, 2.45) is 0 Å². The van der Waals surface area contributed by atoms with Crippen molar-refractivity contribution in [3.05, 3.63) is 53.8 Å². The molecule has 0 aromatic heterocycles. The van der Waals surface area contributed by atoms with Crippen LogP contribution in [0.25, 0.3) is 0 Å². The summed E-state index contributed by atoms with van der Waals surface area (Å²) >= 11 is 0. The number of benzene rings is 2. The number of nitrogens with zero attached hydrogens (tertiary/aromatic N) is 1. The molecule has 3 rings (SSSR count). The van der Waals surface area contributed by atoms with Crippen molar-refractivity contribution in [2.75, 3.05) is 29.9 Å². The van der Waals surface area contributed by atoms with E-state index in [2.05, 4.69) is 5.32 Å². The van der Waals surface area contributed by atoms with Gasteiger partial charge in [-0.2, -0.15) is 0 Å². The van der Waals surface area contributed by atoms with Gasteiger partial charge < -0.3 is 20.1 Å². The minimum atomic E-state index is -0.691. The van der Waals surface area contributed by atoms with Crippen LogP contribution in [0.1, 0.15) is 12.5 Å². The number of amides is 1. The Bertz CT molecular complexity index is 749. The Labute approximate surface area is 146 Å². The van der Waals surface area contributed by atoms with Gasteiger partial charge in [-0.3, -0.25) is 4.79 Å². The van der Waals surface area contributed by atoms with Gasteiger partial charge in [-0.15, -0.1) is 0 Å². The number of halogens is 1. The number of hydrogen-bond donors (Lipinski definition) is 2. The molecule has 1 atom stereocenters. The average Bonchev–Trinajstić information content (AvgIpc) is 2.98. The van der Waals surface area contributed by atoms with E-state index in [9.17, 15) is 14.3 Å². The Morgan fingerprint density at radius 2 is 2.08 bits per heavy atom. The summed E-state index contributed by atoms with van der Waals surface area (Å²) in [6.07, 6.45) is -0.0375. The average molecular weight is 344 g/mol. The normalized spacial score (nSPS) is 14.1. The third kappa shape index (κ3) is 4.28. The second-order valence-electron chi connectivity index (χ2n) is 6.10. The van der Waals surface area contributed by atoms with Crippen molar-refractivity contribution in [1.29, 1.82) is 0 Å². The van der Waals surface area contributed by atoms with Gasteiger partial charge in [-0.25, -0.2) is 4.39 Å². The smallest absolute Gasteiger partial charge is 0.221 e. The molecule has 0 aliphatic carbocycles. The van der Waals surface area contributed by atoms with E-state index in [1.165, 1.54) is 13.0 Å². The molecule has 0 radical (unpaired) electrons. The quantitative estimate of drug-likeness (QED) is 0.846. The second-order valence-corrected chi connectivity index (χ2v) is 6.10. The predicted molar refractivity (Wildman–Crippen MR) is 94.6 cm³/mol. The first-order valence-corrected chi connectivity index (χ1v) is 8.24. The molecule has 1 aliphatic heterocycles. The molecule has 2 aromatic rings. The van der Waals surface area contributed by atoms with E-state index < -0.39 is 6.10 Å². The summed E-state index contributed by atoms with van der Waals surface area (Å²) < 4.78 is 19.3. The molecule has 132 valence electrons. The number of rotatable bonds is 6. The monoisotopic (exact) mass is 344 g/mol. The highest BCUT2D eigenvalue weighted by molar-refractivity contribution is 5.88. The number of aliphatic hydroxyl groups is 1. The van der Waals surface area contributed by atoms with Crippen molar-refractivity contribution in [3.63, 3.8) is 0 Å². The molecule has 0 spiro atoms. The largest absolute Gasteiger partial charge is 0.491 e. The van der Waals surface area contributed by atoms with Gasteiger partial charge in [0.2, 0.25) is 5.91 Å². The topological polar surface area (TPSA) is 61.8 Å². The fourth-order valence-corrected chi connectivity index (χ4v) is 2.99. The maximum atomic E-state index is 13.7. The molecule has 1 amide bonds. The first-order chi connectivity index (χ1) is 12.0. The molecule has 0 bridgehead atoms. The van der Waals surface area contributed by atoms with Gasteiger partial charge in [-0.05, 0) is 42.8 Å². The van der Waals surface area contributed by atoms with Crippen LogP contribution in [0.3, 0.4) is 0 Å². The molecule has 5 nitrogen and oxygen atoms in total. The van der Waals surface area contributed by atoms with Crippen LogP contribution < -0.4 is 15.0 Å². The van der Waals surface area contributed by atoms with Crippen LogP contribution in [0.2, 0.25) is 0 Å². The summed E-state index contributed by atoms with van der Waals surface area (Å²) in [5.41, 5.74) is 2.25. The molecule has 1 aliphatic rings. The van der Waals surface area contributed by atoms with Crippen molar-refractivity contribution in [3.8, 4) is 5.75 Å². The van der Waals surface area contributed by atoms with Crippen LogP contribution in [-0.4, -0.2) is 36.8 Å². The first-order valence-electron chi connectivity index (χ1n) is 8.24. The molecule has 1 heterocycles. The minimum absolute atomic E-state index is 0.133. The van der Waals surface area contributed by atoms with Crippen molar-refractivity contribution in [2.45, 2.75) is 19.4 Å². The molecule has 2 aromatic carbocycles. The van der Waals surface area contributed by atoms with Gasteiger partial charge in [0.05, 0.1) is 0 Å². The maximum Gasteiger partial charge on any atom is 0.221 e. The molecule has 0 saturated heterocycles. The maximum absolute atomic E-state index is 13.7. The molecule has 6 heteroatoms. The lowest BCUT2D eigenvalue weighted by Crippen LogP contribution is -2.34. The first kappa shape index (κ1) is 17.2. The van der Waals surface area contributed by atoms with Crippen molar-refractivity contribution < 1.29 is 19.0 Å². The standard InChI is InChI=1S/C19H21FN2O3/c1-13(23)21-14-5-7-16(8-6-14)25-12-15(24)11-22-10-9-17-18(20)3-2-4-19(17)22/h2-8,15,24H,9-12H2,1H3,(H,21,23)/t15-/m1/s1. The molecular formula is C19H21FN2O3. The van der Waals surface area contributed by atoms with Gasteiger partial charge >= 0.3 is 0 Å². The van der Waals surface area contributed by atoms with Crippen molar-refractivity contribution >= 4 is 17.3 Å². The molecule has 0 unspecified atom stereocenters. The van der Waals surface area contributed by atoms with Gasteiger partial charge in [0.25, 0.3) is 0 Å². The Kier molecular flexibility index (Phi) is 5.19. The van der Waals surface area contributed by atoms with E-state index in [-0.39, 0.29) is 18.3 Å². The summed E-state index contributed by atoms with van der Waals surface area (Å²) in [7, 11) is 0. The molecule has 0 fully saturated rings. The number of carbonyl (C=O) groups excluding carboxylic acids is 1. The highest BCUT2D eigenvalue weighted by atomic mass is 19.1. The number of aliphatic hydroxyl groups excluding tert-OH is 1. The van der Waals surface area contributed by atoms with E-state index in [4.69, 9.17) is 4.74 Å². The number of carbonyl (C=O) groups is 1. The lowest BCUT2D eigenvalue weighted by atomic mass is 10.1. The molecule has 2 N–H and O–H groups in total. The lowest BCUT2D eigenvalue weighted by Gasteiger charge is -2.23. The van der Waals surface area contributed by atoms with Crippen LogP contribution >= 0.6 is 0 Å². The van der Waals surface area contributed by atoms with Crippen LogP contribution in [0.15, 0.2) is 42.5 Å². The number of nitrogens with one attached hydrogen (secondary N) is 1. The van der Waals surface area contributed by atoms with Gasteiger partial charge in [0, 0.05) is 37.0 Å². The summed E-state index contributed by atoms with van der Waals surface area (Å²) in [5, 5.41) is 12.9. The zero-order valence-electron chi connectivity index (χ0n) is 14.0. The number of hydrogen-bond acceptors (Lipinski definition) is 4. The zero-order valence-corrected chi connectivity index (χ0v) is 14.0. The van der Waals surface area contributed by atoms with Gasteiger partial charge in [0.15, 0.2) is 0 Å². The summed E-state index contributed by atoms with van der Waals surface area (Å²) in [5.74, 6) is 0.289. The van der Waals surface area contributed by atoms with Crippen LogP contribution in [0, 0.1) is 5.82 Å². The number of β-amino-alcohol motifs (C(OH)–C–C–N with tert-alkyl or cyclic N) is 1. The van der Waals surface area contributed by atoms with E-state index in [0.717, 1.165) is 5.69 Å². The second kappa shape index (κ2) is 7.53. The van der Waals surface area contributed by atoms with Crippen LogP contribution in [0.5, 0.6) is 5.75 Å². The molecule has 25 heavy (non-hydrogen) atoms. The van der Waals surface area contributed by atoms with Crippen molar-refractivity contribution in [1.82, 2.24) is 0 Å². The Hall–Kier alpha value is -2.60. The number of fused-ring (bicyclic) bond motifs is 1. The summed E-state index contributed by atoms with van der Waals surface area (Å²) in [4.78, 5) is 13.0. The SMILES string of the molecule is CC(=O)Nc1ccc(OC[C@H](O)CN2CCc3c(F)cccc32)cc1. The van der Waals surface area contributed by atoms with Crippen LogP contribution in [0.4, 0.5) is 15.8 Å². The number of anilines is 2. The fourth-order valence-electron chi connectivity index (χ4n) is 2.99. The van der Waals surface area contributed by atoms with Crippen LogP contribution in [-0.2, 0) is 11.2 Å². The van der Waals surface area contributed by atoms with E-state index in [1.807, 2.05) is 11.0 Å². The zero-order chi connectivity index (χ0) is 17.8. The van der Waals surface area contributed by atoms with Gasteiger partial charge in [-0.1, -0.05) is 6.07 Å². The molecule has 0 saturated carbocycles. The predicted octanol–water partition coefficient (Wildman–Crippen LogP) is 2.59. The van der Waals surface area contributed by atoms with Gasteiger partial charge in [0.1, 0.15) is 24.3 Å². The van der Waals surface area contributed by atoms with E-state index in [0.29, 0.717) is 36.5 Å².